The van der Waals surface area contributed by atoms with Gasteiger partial charge in [0.15, 0.2) is 0 Å². The van der Waals surface area contributed by atoms with E-state index < -0.39 is 0 Å². The summed E-state index contributed by atoms with van der Waals surface area (Å²) in [5.74, 6) is 1.40. The molecule has 524 valence electrons. The van der Waals surface area contributed by atoms with Crippen LogP contribution in [-0.2, 0) is 10.8 Å². The van der Waals surface area contributed by atoms with E-state index in [1.54, 1.807) is 0 Å². The Morgan fingerprint density at radius 1 is 0.239 bits per heavy atom. The largest absolute Gasteiger partial charge is 0.311 e. The number of nitrogens with zero attached hydrogens (tertiary/aromatic N) is 5. The van der Waals surface area contributed by atoms with Crippen LogP contribution in [0, 0.1) is 0 Å². The molecule has 2 saturated carbocycles. The summed E-state index contributed by atoms with van der Waals surface area (Å²) in [7, 11) is 0. The van der Waals surface area contributed by atoms with Crippen molar-refractivity contribution in [2.24, 2.45) is 0 Å². The van der Waals surface area contributed by atoms with Crippen molar-refractivity contribution in [3.8, 4) is 22.3 Å². The van der Waals surface area contributed by atoms with E-state index in [1.807, 2.05) is 0 Å². The third-order valence-electron chi connectivity index (χ3n) is 26.7. The van der Waals surface area contributed by atoms with E-state index in [9.17, 15) is 0 Å². The van der Waals surface area contributed by atoms with Gasteiger partial charge in [0.1, 0.15) is 0 Å². The van der Waals surface area contributed by atoms with Gasteiger partial charge in [-0.25, -0.2) is 0 Å². The molecule has 5 aliphatic heterocycles. The zero-order valence-electron chi connectivity index (χ0n) is 62.5. The quantitative estimate of drug-likeness (QED) is 0.134. The highest BCUT2D eigenvalue weighted by atomic mass is 15.2. The molecule has 0 aromatic heterocycles. The summed E-state index contributed by atoms with van der Waals surface area (Å²) in [6.07, 6.45) is 10.9. The lowest BCUT2D eigenvalue weighted by Crippen LogP contribution is -2.61. The van der Waals surface area contributed by atoms with E-state index in [0.29, 0.717) is 17.8 Å². The normalized spacial score (nSPS) is 17.7. The summed E-state index contributed by atoms with van der Waals surface area (Å²) in [6.45, 7) is 9.75. The molecule has 0 spiro atoms. The zero-order valence-corrected chi connectivity index (χ0v) is 62.5. The SMILES string of the molecule is CC1(C)c2cc(-c3ccc4c(c3)B3c5ccccc5N(c5ccccc5)c5cc(C6CCCCC6)cc(c53)N4c3ccccc3)ccc2-c2ccc(C3CCC(c4cc5c6c(c4)N(c4ccccc4)c4ccc(N7c8ccccc8C(C)(C)c8ccccc87)cc4B6c4ccccc4N5c4ccccc4)CC3)cc21. The van der Waals surface area contributed by atoms with Gasteiger partial charge in [0.25, 0.3) is 13.4 Å². The van der Waals surface area contributed by atoms with Crippen molar-refractivity contribution in [1.29, 1.82) is 0 Å². The van der Waals surface area contributed by atoms with Gasteiger partial charge in [0.2, 0.25) is 0 Å². The van der Waals surface area contributed by atoms with Gasteiger partial charge < -0.3 is 24.5 Å². The lowest BCUT2D eigenvalue weighted by Gasteiger charge is -2.46. The molecule has 0 saturated heterocycles. The van der Waals surface area contributed by atoms with E-state index in [0.717, 1.165) is 25.7 Å². The molecular formula is C102H85B2N5. The monoisotopic (exact) mass is 1400 g/mol. The van der Waals surface area contributed by atoms with Gasteiger partial charge in [0, 0.05) is 84.8 Å². The Hall–Kier alpha value is -11.8. The number of hydrogen-bond acceptors (Lipinski definition) is 5. The van der Waals surface area contributed by atoms with Crippen LogP contribution in [0.15, 0.2) is 315 Å². The lowest BCUT2D eigenvalue weighted by molar-refractivity contribution is 0.396. The predicted molar refractivity (Wildman–Crippen MR) is 461 cm³/mol. The van der Waals surface area contributed by atoms with E-state index in [-0.39, 0.29) is 24.3 Å². The predicted octanol–water partition coefficient (Wildman–Crippen LogP) is 23.4. The fraction of sp³-hybridized carbons (Fsp3) is 0.176. The minimum absolute atomic E-state index is 0.0190. The fourth-order valence-electron chi connectivity index (χ4n) is 21.5. The second-order valence-corrected chi connectivity index (χ2v) is 33.2. The summed E-state index contributed by atoms with van der Waals surface area (Å²) in [4.78, 5) is 12.9. The van der Waals surface area contributed by atoms with Gasteiger partial charge in [-0.05, 0) is 278 Å². The van der Waals surface area contributed by atoms with Gasteiger partial charge in [-0.1, -0.05) is 235 Å². The second kappa shape index (κ2) is 24.9. The maximum Gasteiger partial charge on any atom is 0.252 e. The maximum absolute atomic E-state index is 2.63. The Labute approximate surface area is 642 Å². The number of rotatable bonds is 9. The van der Waals surface area contributed by atoms with E-state index in [1.165, 1.54) is 211 Å². The van der Waals surface area contributed by atoms with Crippen LogP contribution in [0.2, 0.25) is 0 Å². The van der Waals surface area contributed by atoms with Crippen LogP contribution in [0.4, 0.5) is 85.3 Å². The molecule has 0 amide bonds. The molecule has 0 unspecified atom stereocenters. The Bertz CT molecular complexity index is 5910. The molecule has 5 heterocycles. The van der Waals surface area contributed by atoms with E-state index in [2.05, 4.69) is 368 Å². The third-order valence-corrected chi connectivity index (χ3v) is 26.7. The molecule has 14 aromatic rings. The Kier molecular flexibility index (Phi) is 14.7. The molecule has 0 atom stereocenters. The summed E-state index contributed by atoms with van der Waals surface area (Å²) in [6, 6.07) is 122. The maximum atomic E-state index is 2.63. The highest BCUT2D eigenvalue weighted by molar-refractivity contribution is 7.01. The van der Waals surface area contributed by atoms with Crippen LogP contribution >= 0.6 is 0 Å². The minimum Gasteiger partial charge on any atom is -0.311 e. The van der Waals surface area contributed by atoms with Crippen LogP contribution in [0.25, 0.3) is 22.3 Å². The summed E-state index contributed by atoms with van der Waals surface area (Å²) in [5, 5.41) is 0. The Morgan fingerprint density at radius 3 is 1.07 bits per heavy atom. The van der Waals surface area contributed by atoms with Gasteiger partial charge in [0.05, 0.1) is 11.4 Å². The second-order valence-electron chi connectivity index (χ2n) is 33.2. The molecule has 2 fully saturated rings. The van der Waals surface area contributed by atoms with Gasteiger partial charge in [-0.2, -0.15) is 0 Å². The van der Waals surface area contributed by atoms with Crippen LogP contribution in [0.3, 0.4) is 0 Å². The Balaban J connectivity index is 0.602. The van der Waals surface area contributed by atoms with E-state index in [4.69, 9.17) is 0 Å². The van der Waals surface area contributed by atoms with Crippen molar-refractivity contribution in [2.75, 3.05) is 24.5 Å². The standard InChI is InChI=1S/C102H85B2N5/c1-101(2)81-38-20-24-42-89(81)109(90-43-25-21-39-82(90)101)78-53-57-94-88(65-78)104-86-41-23-27-45-92(86)106(75-32-14-7-15-33-75)96-63-73(64-98(100(96)104)108(94)77-36-18-9-19-37-77)68-48-46-67(47-49-68)69-50-54-79-80-55-51-70(59-84(80)102(3,4)83(79)58-69)71-52-56-93-87(60-71)103-85-40-22-26-44-91(85)105(74-30-12-6-13-31-74)95-61-72(66-28-10-5-11-29-66)62-97(99(95)103)107(93)76-34-16-8-17-35-76/h6-9,12-27,30-45,50-68H,5,10-11,28-29,46-49H2,1-4H3. The molecule has 3 aliphatic carbocycles. The molecule has 109 heavy (non-hydrogen) atoms. The molecular weight excluding hydrogens is 1320 g/mol. The first kappa shape index (κ1) is 64.4. The van der Waals surface area contributed by atoms with Crippen LogP contribution in [-0.4, -0.2) is 13.4 Å². The third kappa shape index (κ3) is 9.87. The van der Waals surface area contributed by atoms with E-state index >= 15 is 0 Å². The van der Waals surface area contributed by atoms with Gasteiger partial charge in [-0.15, -0.1) is 0 Å². The van der Waals surface area contributed by atoms with Crippen molar-refractivity contribution in [3.05, 3.63) is 354 Å². The molecule has 5 nitrogen and oxygen atoms in total. The topological polar surface area (TPSA) is 16.2 Å². The average molecular weight is 1400 g/mol. The highest BCUT2D eigenvalue weighted by Crippen LogP contribution is 2.57. The fourth-order valence-corrected chi connectivity index (χ4v) is 21.5. The van der Waals surface area contributed by atoms with Gasteiger partial charge >= 0.3 is 0 Å². The Morgan fingerprint density at radius 2 is 0.587 bits per heavy atom. The summed E-state index contributed by atoms with van der Waals surface area (Å²) in [5.41, 5.74) is 41.5. The number of para-hydroxylation sites is 8. The van der Waals surface area contributed by atoms with Crippen molar-refractivity contribution in [3.63, 3.8) is 0 Å². The number of anilines is 15. The van der Waals surface area contributed by atoms with Crippen LogP contribution < -0.4 is 57.3 Å². The summed E-state index contributed by atoms with van der Waals surface area (Å²) < 4.78 is 0. The molecule has 22 rings (SSSR count). The molecule has 7 heteroatoms. The minimum atomic E-state index is -0.197. The van der Waals surface area contributed by atoms with Crippen LogP contribution in [0.5, 0.6) is 0 Å². The first-order valence-electron chi connectivity index (χ1n) is 40.1. The first-order chi connectivity index (χ1) is 53.6. The number of fused-ring (bicyclic) bond motifs is 13. The van der Waals surface area contributed by atoms with Crippen molar-refractivity contribution in [2.45, 2.75) is 114 Å². The first-order valence-corrected chi connectivity index (χ1v) is 40.1. The zero-order chi connectivity index (χ0) is 72.4. The lowest BCUT2D eigenvalue weighted by atomic mass is 9.33. The van der Waals surface area contributed by atoms with Crippen molar-refractivity contribution < 1.29 is 0 Å². The van der Waals surface area contributed by atoms with Crippen molar-refractivity contribution >= 4 is 132 Å². The summed E-state index contributed by atoms with van der Waals surface area (Å²) >= 11 is 0. The number of hydrogen-bond donors (Lipinski definition) is 0. The molecule has 0 bridgehead atoms. The van der Waals surface area contributed by atoms with Gasteiger partial charge in [-0.3, -0.25) is 0 Å². The average Bonchev–Trinajstić information content (AvgIpc) is 1.27. The molecule has 0 N–H and O–H groups in total. The molecule has 0 radical (unpaired) electrons. The highest BCUT2D eigenvalue weighted by Gasteiger charge is 2.48. The van der Waals surface area contributed by atoms with Crippen LogP contribution in [0.1, 0.15) is 142 Å². The molecule has 8 aliphatic rings. The smallest absolute Gasteiger partial charge is 0.252 e. The van der Waals surface area contributed by atoms with Crippen molar-refractivity contribution in [1.82, 2.24) is 0 Å². The molecule has 14 aromatic carbocycles. The number of benzene rings is 14.